The van der Waals surface area contributed by atoms with Gasteiger partial charge in [-0.1, -0.05) is 0 Å². The lowest BCUT2D eigenvalue weighted by atomic mass is 9.67. The number of ether oxygens (including phenoxy) is 1. The predicted molar refractivity (Wildman–Crippen MR) is 122 cm³/mol. The molecule has 5 rings (SSSR count). The smallest absolute Gasteiger partial charge is 0.481 e. The lowest BCUT2D eigenvalue weighted by Gasteiger charge is -2.55. The van der Waals surface area contributed by atoms with Crippen molar-refractivity contribution in [2.24, 2.45) is 5.92 Å². The number of alkyl halides is 3. The standard InChI is InChI=1S/C26H24F4N2O5/c27-15-3-9-21-19(13-15)24(31(16-4-5-16)22(33)11-12-23(34)35)18-8-10-20(18)32(21)25(36)14-1-6-17(7-2-14)37-26(28,29)30/h1-3,6-7,9,13,16,18,20,24H,4-5,8,10-12H2,(H,34,35)/t18-,20+,24-/m0/s1. The van der Waals surface area contributed by atoms with E-state index in [1.54, 1.807) is 9.80 Å². The van der Waals surface area contributed by atoms with Gasteiger partial charge in [-0.15, -0.1) is 13.2 Å². The van der Waals surface area contributed by atoms with E-state index < -0.39 is 35.8 Å². The number of hydrogen-bond acceptors (Lipinski definition) is 4. The summed E-state index contributed by atoms with van der Waals surface area (Å²) in [6.45, 7) is 0. The third-order valence-electron chi connectivity index (χ3n) is 7.23. The van der Waals surface area contributed by atoms with Gasteiger partial charge in [0.1, 0.15) is 11.6 Å². The lowest BCUT2D eigenvalue weighted by Crippen LogP contribution is -2.59. The van der Waals surface area contributed by atoms with Crippen molar-refractivity contribution in [3.63, 3.8) is 0 Å². The number of hydrogen-bond donors (Lipinski definition) is 1. The second kappa shape index (κ2) is 9.35. The van der Waals surface area contributed by atoms with Crippen LogP contribution in [-0.2, 0) is 9.59 Å². The second-order valence-electron chi connectivity index (χ2n) is 9.63. The number of fused-ring (bicyclic) bond motifs is 2. The van der Waals surface area contributed by atoms with Crippen LogP contribution in [0.15, 0.2) is 42.5 Å². The summed E-state index contributed by atoms with van der Waals surface area (Å²) < 4.78 is 55.9. The van der Waals surface area contributed by atoms with E-state index in [0.717, 1.165) is 25.0 Å². The highest BCUT2D eigenvalue weighted by atomic mass is 19.4. The Morgan fingerprint density at radius 1 is 1.00 bits per heavy atom. The van der Waals surface area contributed by atoms with Crippen LogP contribution < -0.4 is 9.64 Å². The zero-order chi connectivity index (χ0) is 26.5. The molecule has 1 aliphatic heterocycles. The fourth-order valence-corrected chi connectivity index (χ4v) is 5.42. The van der Waals surface area contributed by atoms with E-state index in [2.05, 4.69) is 4.74 Å². The molecule has 2 aromatic rings. The maximum absolute atomic E-state index is 14.5. The Morgan fingerprint density at radius 3 is 2.27 bits per heavy atom. The van der Waals surface area contributed by atoms with Crippen molar-refractivity contribution in [2.45, 2.75) is 63.0 Å². The molecule has 3 aliphatic rings. The summed E-state index contributed by atoms with van der Waals surface area (Å²) in [6, 6.07) is 7.79. The third-order valence-corrected chi connectivity index (χ3v) is 7.23. The van der Waals surface area contributed by atoms with Gasteiger partial charge in [-0.3, -0.25) is 14.4 Å². The molecule has 1 N–H and O–H groups in total. The topological polar surface area (TPSA) is 87.2 Å². The zero-order valence-electron chi connectivity index (χ0n) is 19.6. The summed E-state index contributed by atoms with van der Waals surface area (Å²) in [4.78, 5) is 41.1. The highest BCUT2D eigenvalue weighted by Crippen LogP contribution is 2.54. The first-order valence-corrected chi connectivity index (χ1v) is 12.1. The minimum absolute atomic E-state index is 0.0629. The number of carboxylic acid groups (broad SMARTS) is 1. The maximum Gasteiger partial charge on any atom is 0.573 e. The molecule has 7 nitrogen and oxygen atoms in total. The van der Waals surface area contributed by atoms with Crippen molar-refractivity contribution in [1.82, 2.24) is 4.90 Å². The molecule has 0 radical (unpaired) electrons. The Bertz CT molecular complexity index is 1230. The molecule has 0 saturated heterocycles. The minimum Gasteiger partial charge on any atom is -0.481 e. The molecule has 196 valence electrons. The van der Waals surface area contributed by atoms with Gasteiger partial charge in [-0.05, 0) is 68.1 Å². The molecule has 37 heavy (non-hydrogen) atoms. The average molecular weight is 520 g/mol. The van der Waals surface area contributed by atoms with Gasteiger partial charge in [0.15, 0.2) is 0 Å². The minimum atomic E-state index is -4.86. The first kappa shape index (κ1) is 25.0. The summed E-state index contributed by atoms with van der Waals surface area (Å²) >= 11 is 0. The van der Waals surface area contributed by atoms with Crippen LogP contribution in [0.5, 0.6) is 5.75 Å². The molecular formula is C26H24F4N2O5. The van der Waals surface area contributed by atoms with Gasteiger partial charge in [0.2, 0.25) is 5.91 Å². The Labute approximate surface area is 209 Å². The third kappa shape index (κ3) is 4.99. The molecule has 0 bridgehead atoms. The molecule has 0 spiro atoms. The van der Waals surface area contributed by atoms with E-state index in [9.17, 15) is 31.9 Å². The number of amides is 2. The molecular weight excluding hydrogens is 496 g/mol. The normalized spacial score (nSPS) is 22.4. The number of carboxylic acids is 1. The van der Waals surface area contributed by atoms with Crippen molar-refractivity contribution < 1.29 is 41.8 Å². The van der Waals surface area contributed by atoms with E-state index in [0.29, 0.717) is 24.1 Å². The molecule has 2 aliphatic carbocycles. The largest absolute Gasteiger partial charge is 0.573 e. The molecule has 0 aromatic heterocycles. The van der Waals surface area contributed by atoms with Gasteiger partial charge in [0.05, 0.1) is 12.5 Å². The zero-order valence-corrected chi connectivity index (χ0v) is 19.6. The predicted octanol–water partition coefficient (Wildman–Crippen LogP) is 5.06. The first-order chi connectivity index (χ1) is 17.5. The summed E-state index contributed by atoms with van der Waals surface area (Å²) in [6.07, 6.45) is -2.47. The van der Waals surface area contributed by atoms with Gasteiger partial charge >= 0.3 is 12.3 Å². The van der Waals surface area contributed by atoms with Crippen molar-refractivity contribution in [2.75, 3.05) is 4.90 Å². The number of nitrogens with zero attached hydrogens (tertiary/aromatic N) is 2. The van der Waals surface area contributed by atoms with Crippen LogP contribution in [-0.4, -0.2) is 46.2 Å². The van der Waals surface area contributed by atoms with Crippen LogP contribution in [0, 0.1) is 11.7 Å². The number of carbonyl (C=O) groups excluding carboxylic acids is 2. The Hall–Kier alpha value is -3.63. The quantitative estimate of drug-likeness (QED) is 0.516. The number of anilines is 1. The number of halogens is 4. The van der Waals surface area contributed by atoms with E-state index in [4.69, 9.17) is 5.11 Å². The molecule has 2 fully saturated rings. The van der Waals surface area contributed by atoms with Gasteiger partial charge in [0.25, 0.3) is 5.91 Å². The van der Waals surface area contributed by atoms with Crippen molar-refractivity contribution in [1.29, 1.82) is 0 Å². The van der Waals surface area contributed by atoms with Crippen molar-refractivity contribution in [3.05, 3.63) is 59.4 Å². The van der Waals surface area contributed by atoms with E-state index >= 15 is 0 Å². The fourth-order valence-electron chi connectivity index (χ4n) is 5.42. The molecule has 2 amide bonds. The van der Waals surface area contributed by atoms with Crippen LogP contribution in [0.4, 0.5) is 23.2 Å². The van der Waals surface area contributed by atoms with Crippen LogP contribution >= 0.6 is 0 Å². The van der Waals surface area contributed by atoms with Gasteiger partial charge in [-0.25, -0.2) is 4.39 Å². The molecule has 0 unspecified atom stereocenters. The Morgan fingerprint density at radius 2 is 1.70 bits per heavy atom. The van der Waals surface area contributed by atoms with E-state index in [1.807, 2.05) is 0 Å². The van der Waals surface area contributed by atoms with Gasteiger partial charge in [-0.2, -0.15) is 0 Å². The molecule has 3 atom stereocenters. The Balaban J connectivity index is 1.49. The highest BCUT2D eigenvalue weighted by Gasteiger charge is 2.53. The summed E-state index contributed by atoms with van der Waals surface area (Å²) in [5.74, 6) is -3.00. The molecule has 1 heterocycles. The summed E-state index contributed by atoms with van der Waals surface area (Å²) in [5, 5.41) is 9.06. The van der Waals surface area contributed by atoms with Crippen LogP contribution in [0.25, 0.3) is 0 Å². The van der Waals surface area contributed by atoms with Crippen LogP contribution in [0.1, 0.15) is 60.5 Å². The van der Waals surface area contributed by atoms with E-state index in [-0.39, 0.29) is 42.3 Å². The van der Waals surface area contributed by atoms with Gasteiger partial charge in [0, 0.05) is 41.2 Å². The lowest BCUT2D eigenvalue weighted by molar-refractivity contribution is -0.274. The Kier molecular flexibility index (Phi) is 6.33. The number of benzene rings is 2. The second-order valence-corrected chi connectivity index (χ2v) is 9.63. The average Bonchev–Trinajstić information content (AvgIpc) is 3.63. The van der Waals surface area contributed by atoms with Crippen LogP contribution in [0.2, 0.25) is 0 Å². The number of carbonyl (C=O) groups is 3. The van der Waals surface area contributed by atoms with Crippen molar-refractivity contribution in [3.8, 4) is 5.75 Å². The SMILES string of the molecule is O=C(O)CCC(=O)N(C1CC1)[C@@H]1c2cc(F)ccc2N(C(=O)c2ccc(OC(F)(F)F)cc2)[C@@H]2CC[C@@H]21. The summed E-state index contributed by atoms with van der Waals surface area (Å²) in [7, 11) is 0. The van der Waals surface area contributed by atoms with Crippen LogP contribution in [0.3, 0.4) is 0 Å². The monoisotopic (exact) mass is 520 g/mol. The maximum atomic E-state index is 14.5. The number of rotatable bonds is 7. The first-order valence-electron chi connectivity index (χ1n) is 12.1. The van der Waals surface area contributed by atoms with Gasteiger partial charge < -0.3 is 19.6 Å². The molecule has 2 saturated carbocycles. The summed E-state index contributed by atoms with van der Waals surface area (Å²) in [5.41, 5.74) is 1.05. The molecule has 2 aromatic carbocycles. The van der Waals surface area contributed by atoms with E-state index in [1.165, 1.54) is 30.3 Å². The number of aliphatic carboxylic acids is 1. The highest BCUT2D eigenvalue weighted by molar-refractivity contribution is 6.07. The molecule has 11 heteroatoms. The fraction of sp³-hybridized carbons (Fsp3) is 0.423. The van der Waals surface area contributed by atoms with Crippen molar-refractivity contribution >= 4 is 23.5 Å².